The lowest BCUT2D eigenvalue weighted by molar-refractivity contribution is 0.0532. The molecule has 0 spiro atoms. The van der Waals surface area contributed by atoms with Crippen molar-refractivity contribution in [1.29, 1.82) is 0 Å². The summed E-state index contributed by atoms with van der Waals surface area (Å²) in [6.45, 7) is 2.52. The molecular formula is C13H20O3S. The van der Waals surface area contributed by atoms with E-state index in [-0.39, 0.29) is 12.6 Å². The Kier molecular flexibility index (Phi) is 6.89. The van der Waals surface area contributed by atoms with E-state index in [1.807, 2.05) is 19.1 Å². The molecule has 1 aromatic rings. The quantitative estimate of drug-likeness (QED) is 0.574. The number of aliphatic hydroxyl groups is 1. The van der Waals surface area contributed by atoms with Crippen molar-refractivity contribution in [1.82, 2.24) is 0 Å². The maximum absolute atomic E-state index is 11.4. The smallest absolute Gasteiger partial charge is 0.348 e. The molecule has 17 heavy (non-hydrogen) atoms. The summed E-state index contributed by atoms with van der Waals surface area (Å²) < 4.78 is 4.94. The number of carbonyl (C=O) groups is 1. The van der Waals surface area contributed by atoms with Crippen molar-refractivity contribution < 1.29 is 14.6 Å². The fourth-order valence-electron chi connectivity index (χ4n) is 1.59. The summed E-state index contributed by atoms with van der Waals surface area (Å²) in [4.78, 5) is 13.4. The topological polar surface area (TPSA) is 46.5 Å². The van der Waals surface area contributed by atoms with E-state index in [9.17, 15) is 4.79 Å². The highest BCUT2D eigenvalue weighted by Crippen LogP contribution is 2.19. The molecule has 0 fully saturated rings. The van der Waals surface area contributed by atoms with Gasteiger partial charge in [0.1, 0.15) is 4.88 Å². The molecule has 0 saturated carbocycles. The lowest BCUT2D eigenvalue weighted by Gasteiger charge is -1.98. The molecule has 0 aromatic carbocycles. The maximum atomic E-state index is 11.4. The molecule has 96 valence electrons. The third-order valence-corrected chi connectivity index (χ3v) is 3.59. The predicted molar refractivity (Wildman–Crippen MR) is 69.5 cm³/mol. The molecule has 1 rings (SSSR count). The predicted octanol–water partition coefficient (Wildman–Crippen LogP) is 3.02. The molecule has 0 amide bonds. The molecule has 0 aliphatic rings. The molecule has 1 N–H and O–H groups in total. The molecule has 4 heteroatoms. The standard InChI is InChI=1S/C13H20O3S/c1-2-16-13(15)12-9-8-11(17-12)7-5-3-4-6-10-14/h8-9,14H,2-7,10H2,1H3. The molecule has 1 aromatic heterocycles. The Balaban J connectivity index is 2.28. The second kappa shape index (κ2) is 8.25. The van der Waals surface area contributed by atoms with E-state index in [1.54, 1.807) is 0 Å². The van der Waals surface area contributed by atoms with E-state index in [0.717, 1.165) is 32.1 Å². The number of hydrogen-bond acceptors (Lipinski definition) is 4. The first-order valence-electron chi connectivity index (χ1n) is 6.14. The first-order valence-corrected chi connectivity index (χ1v) is 6.96. The Hall–Kier alpha value is -0.870. The van der Waals surface area contributed by atoms with Gasteiger partial charge in [0.25, 0.3) is 0 Å². The second-order valence-electron chi connectivity index (χ2n) is 3.87. The monoisotopic (exact) mass is 256 g/mol. The largest absolute Gasteiger partial charge is 0.462 e. The highest BCUT2D eigenvalue weighted by atomic mass is 32.1. The van der Waals surface area contributed by atoms with Gasteiger partial charge in [0.2, 0.25) is 0 Å². The summed E-state index contributed by atoms with van der Waals surface area (Å²) in [5.74, 6) is -0.218. The van der Waals surface area contributed by atoms with Gasteiger partial charge >= 0.3 is 5.97 Å². The molecule has 0 saturated heterocycles. The summed E-state index contributed by atoms with van der Waals surface area (Å²) >= 11 is 1.52. The zero-order valence-electron chi connectivity index (χ0n) is 10.3. The number of aliphatic hydroxyl groups excluding tert-OH is 1. The number of esters is 1. The first-order chi connectivity index (χ1) is 8.27. The third kappa shape index (κ3) is 5.33. The van der Waals surface area contributed by atoms with Crippen LogP contribution in [-0.4, -0.2) is 24.3 Å². The van der Waals surface area contributed by atoms with Crippen LogP contribution in [0.15, 0.2) is 12.1 Å². The van der Waals surface area contributed by atoms with Gasteiger partial charge in [-0.05, 0) is 38.3 Å². The molecular weight excluding hydrogens is 236 g/mol. The number of unbranched alkanes of at least 4 members (excludes halogenated alkanes) is 3. The van der Waals surface area contributed by atoms with Crippen molar-refractivity contribution in [2.24, 2.45) is 0 Å². The zero-order chi connectivity index (χ0) is 12.5. The normalized spacial score (nSPS) is 10.5. The minimum absolute atomic E-state index is 0.218. The number of thiophene rings is 1. The van der Waals surface area contributed by atoms with Gasteiger partial charge in [-0.1, -0.05) is 12.8 Å². The van der Waals surface area contributed by atoms with Gasteiger partial charge < -0.3 is 9.84 Å². The van der Waals surface area contributed by atoms with Crippen molar-refractivity contribution in [3.8, 4) is 0 Å². The van der Waals surface area contributed by atoms with Gasteiger partial charge in [0, 0.05) is 11.5 Å². The molecule has 0 bridgehead atoms. The first kappa shape index (κ1) is 14.2. The number of rotatable bonds is 8. The minimum Gasteiger partial charge on any atom is -0.462 e. The molecule has 0 aliphatic heterocycles. The lowest BCUT2D eigenvalue weighted by Crippen LogP contribution is -2.01. The van der Waals surface area contributed by atoms with E-state index in [1.165, 1.54) is 16.2 Å². The van der Waals surface area contributed by atoms with Crippen LogP contribution in [0, 0.1) is 0 Å². The molecule has 1 heterocycles. The molecule has 0 unspecified atom stereocenters. The maximum Gasteiger partial charge on any atom is 0.348 e. The highest BCUT2D eigenvalue weighted by Gasteiger charge is 2.09. The van der Waals surface area contributed by atoms with Crippen LogP contribution in [0.2, 0.25) is 0 Å². The second-order valence-corrected chi connectivity index (χ2v) is 5.04. The van der Waals surface area contributed by atoms with Gasteiger partial charge in [0.15, 0.2) is 0 Å². The van der Waals surface area contributed by atoms with Gasteiger partial charge in [-0.25, -0.2) is 4.79 Å². The summed E-state index contributed by atoms with van der Waals surface area (Å²) in [5.41, 5.74) is 0. The van der Waals surface area contributed by atoms with Crippen LogP contribution in [0.5, 0.6) is 0 Å². The van der Waals surface area contributed by atoms with E-state index in [4.69, 9.17) is 9.84 Å². The van der Waals surface area contributed by atoms with Crippen LogP contribution in [-0.2, 0) is 11.2 Å². The lowest BCUT2D eigenvalue weighted by atomic mass is 10.1. The SMILES string of the molecule is CCOC(=O)c1ccc(CCCCCCO)s1. The zero-order valence-corrected chi connectivity index (χ0v) is 11.1. The van der Waals surface area contributed by atoms with Crippen LogP contribution < -0.4 is 0 Å². The average molecular weight is 256 g/mol. The number of carbonyl (C=O) groups excluding carboxylic acids is 1. The van der Waals surface area contributed by atoms with Crippen LogP contribution in [0.1, 0.15) is 47.2 Å². The van der Waals surface area contributed by atoms with Gasteiger partial charge in [0.05, 0.1) is 6.61 Å². The van der Waals surface area contributed by atoms with Crippen molar-refractivity contribution in [3.63, 3.8) is 0 Å². The Morgan fingerprint density at radius 3 is 2.76 bits per heavy atom. The van der Waals surface area contributed by atoms with Crippen LogP contribution in [0.4, 0.5) is 0 Å². The van der Waals surface area contributed by atoms with E-state index in [2.05, 4.69) is 0 Å². The highest BCUT2D eigenvalue weighted by molar-refractivity contribution is 7.13. The van der Waals surface area contributed by atoms with E-state index in [0.29, 0.717) is 11.5 Å². The summed E-state index contributed by atoms with van der Waals surface area (Å²) in [6.07, 6.45) is 5.22. The van der Waals surface area contributed by atoms with Crippen LogP contribution in [0.3, 0.4) is 0 Å². The van der Waals surface area contributed by atoms with E-state index < -0.39 is 0 Å². The van der Waals surface area contributed by atoms with Crippen molar-refractivity contribution in [2.45, 2.75) is 39.0 Å². The Labute approximate surface area is 106 Å². The Morgan fingerprint density at radius 2 is 2.06 bits per heavy atom. The average Bonchev–Trinajstić information content (AvgIpc) is 2.78. The van der Waals surface area contributed by atoms with E-state index >= 15 is 0 Å². The summed E-state index contributed by atoms with van der Waals surface area (Å²) in [5, 5.41) is 8.65. The minimum atomic E-state index is -0.218. The number of aryl methyl sites for hydroxylation is 1. The fraction of sp³-hybridized carbons (Fsp3) is 0.615. The summed E-state index contributed by atoms with van der Waals surface area (Å²) in [6, 6.07) is 3.84. The molecule has 0 radical (unpaired) electrons. The van der Waals surface area contributed by atoms with Crippen molar-refractivity contribution in [3.05, 3.63) is 21.9 Å². The van der Waals surface area contributed by atoms with Gasteiger partial charge in [-0.2, -0.15) is 0 Å². The third-order valence-electron chi connectivity index (χ3n) is 2.47. The van der Waals surface area contributed by atoms with Crippen LogP contribution in [0.25, 0.3) is 0 Å². The Bertz CT molecular complexity index is 333. The Morgan fingerprint density at radius 1 is 1.29 bits per heavy atom. The molecule has 3 nitrogen and oxygen atoms in total. The fourth-order valence-corrected chi connectivity index (χ4v) is 2.53. The van der Waals surface area contributed by atoms with Crippen molar-refractivity contribution >= 4 is 17.3 Å². The number of ether oxygens (including phenoxy) is 1. The molecule has 0 aliphatic carbocycles. The number of hydrogen-bond donors (Lipinski definition) is 1. The molecule has 0 atom stereocenters. The van der Waals surface area contributed by atoms with Gasteiger partial charge in [-0.3, -0.25) is 0 Å². The van der Waals surface area contributed by atoms with Gasteiger partial charge in [-0.15, -0.1) is 11.3 Å². The van der Waals surface area contributed by atoms with Crippen molar-refractivity contribution in [2.75, 3.05) is 13.2 Å². The van der Waals surface area contributed by atoms with Crippen LogP contribution >= 0.6 is 11.3 Å². The summed E-state index contributed by atoms with van der Waals surface area (Å²) in [7, 11) is 0.